The average Bonchev–Trinajstić information content (AvgIpc) is 2.94. The summed E-state index contributed by atoms with van der Waals surface area (Å²) in [5, 5.41) is 10.9. The smallest absolute Gasteiger partial charge is 1.00 e. The first kappa shape index (κ1) is 34.8. The van der Waals surface area contributed by atoms with E-state index in [1.165, 1.54) is 32.7 Å². The number of aliphatic hydroxyl groups is 1. The number of aliphatic hydroxyl groups excluding tert-OH is 1. The molecule has 2 heterocycles. The largest absolute Gasteiger partial charge is 1.00 e. The quantitative estimate of drug-likeness (QED) is 0.300. The number of thioether (sulfide) groups is 2. The summed E-state index contributed by atoms with van der Waals surface area (Å²) in [6.45, 7) is 12.6. The molecule has 42 heavy (non-hydrogen) atoms. The van der Waals surface area contributed by atoms with Crippen molar-refractivity contribution in [3.8, 4) is 0 Å². The zero-order chi connectivity index (χ0) is 28.7. The molecule has 3 unspecified atom stereocenters. The summed E-state index contributed by atoms with van der Waals surface area (Å²) in [5.41, 5.74) is 8.58. The number of carbonyl (C=O) groups is 1. The van der Waals surface area contributed by atoms with Gasteiger partial charge < -0.3 is 6.53 Å². The second kappa shape index (κ2) is 13.9. The first-order chi connectivity index (χ1) is 19.0. The fourth-order valence-electron chi connectivity index (χ4n) is 5.48. The molecule has 2 aliphatic heterocycles. The molecular weight excluding hydrogens is 562 g/mol. The van der Waals surface area contributed by atoms with Crippen molar-refractivity contribution < 1.29 is 40.9 Å². The second-order valence-electron chi connectivity index (χ2n) is 11.8. The van der Waals surface area contributed by atoms with E-state index in [2.05, 4.69) is 114 Å². The van der Waals surface area contributed by atoms with Crippen molar-refractivity contribution in [1.29, 1.82) is 0 Å². The first-order valence-electron chi connectivity index (χ1n) is 13.9. The Bertz CT molecular complexity index is 1560. The topological polar surface area (TPSA) is 37.3 Å². The van der Waals surface area contributed by atoms with Crippen molar-refractivity contribution in [2.24, 2.45) is 0 Å². The van der Waals surface area contributed by atoms with Crippen LogP contribution in [0.2, 0.25) is 0 Å². The van der Waals surface area contributed by atoms with Crippen LogP contribution < -0.4 is 29.6 Å². The maximum absolute atomic E-state index is 12.9. The molecule has 1 N–H and O–H groups in total. The number of Topliss-reactive ketones (excluding diaryl/α,β-unsaturated/α-hetero) is 1. The maximum atomic E-state index is 12.9. The zero-order valence-corrected chi connectivity index (χ0v) is 29.5. The molecule has 2 nitrogen and oxygen atoms in total. The van der Waals surface area contributed by atoms with Gasteiger partial charge in [0.1, 0.15) is 0 Å². The number of fused-ring (bicyclic) bond motifs is 2. The van der Waals surface area contributed by atoms with Gasteiger partial charge in [0, 0.05) is 40.7 Å². The van der Waals surface area contributed by atoms with Gasteiger partial charge in [0.2, 0.25) is 0 Å². The van der Waals surface area contributed by atoms with Crippen molar-refractivity contribution in [2.75, 3.05) is 11.5 Å². The first-order valence-corrected chi connectivity index (χ1v) is 15.8. The SMILES string of the molecule is Cc1ccc(C2(C)CSc3cc(C)ccc3C2=O)cc1.Cc1ccc(C2(C)CSc3cc(C)ccc3C2O)cc1.[B].[H-].[Na+]. The number of rotatable bonds is 2. The van der Waals surface area contributed by atoms with Crippen LogP contribution >= 0.6 is 23.5 Å². The van der Waals surface area contributed by atoms with Gasteiger partial charge in [0.05, 0.1) is 11.5 Å². The van der Waals surface area contributed by atoms with Crippen LogP contribution in [0.3, 0.4) is 0 Å². The molecule has 0 aromatic heterocycles. The van der Waals surface area contributed by atoms with Gasteiger partial charge in [-0.25, -0.2) is 0 Å². The third-order valence-electron chi connectivity index (χ3n) is 8.39. The van der Waals surface area contributed by atoms with Crippen molar-refractivity contribution in [3.05, 3.63) is 129 Å². The van der Waals surface area contributed by atoms with E-state index in [-0.39, 0.29) is 50.6 Å². The van der Waals surface area contributed by atoms with Gasteiger partial charge in [-0.2, -0.15) is 0 Å². The predicted molar refractivity (Wildman–Crippen MR) is 177 cm³/mol. The van der Waals surface area contributed by atoms with Gasteiger partial charge in [-0.1, -0.05) is 84.8 Å². The van der Waals surface area contributed by atoms with E-state index in [1.807, 2.05) is 23.9 Å². The number of carbonyl (C=O) groups excluding carboxylic acids is 1. The molecular formula is C36H39BNaO2S2. The molecule has 0 fully saturated rings. The second-order valence-corrected chi connectivity index (χ2v) is 13.9. The minimum absolute atomic E-state index is 0. The summed E-state index contributed by atoms with van der Waals surface area (Å²) in [6.07, 6.45) is -0.443. The van der Waals surface area contributed by atoms with E-state index in [9.17, 15) is 9.90 Å². The van der Waals surface area contributed by atoms with E-state index in [0.717, 1.165) is 33.1 Å². The fourth-order valence-corrected chi connectivity index (χ4v) is 8.20. The fraction of sp³-hybridized carbons (Fsp3) is 0.306. The summed E-state index contributed by atoms with van der Waals surface area (Å²) in [7, 11) is 0. The Balaban J connectivity index is 0.000000281. The summed E-state index contributed by atoms with van der Waals surface area (Å²) in [5.74, 6) is 1.97. The van der Waals surface area contributed by atoms with Gasteiger partial charge in [-0.15, -0.1) is 23.5 Å². The Morgan fingerprint density at radius 2 is 1.17 bits per heavy atom. The molecule has 4 aromatic rings. The molecule has 2 aliphatic rings. The summed E-state index contributed by atoms with van der Waals surface area (Å²) in [4.78, 5) is 15.3. The van der Waals surface area contributed by atoms with E-state index >= 15 is 0 Å². The third kappa shape index (κ3) is 6.82. The predicted octanol–water partition coefficient (Wildman–Crippen LogP) is 5.69. The zero-order valence-electron chi connectivity index (χ0n) is 26.8. The van der Waals surface area contributed by atoms with Gasteiger partial charge >= 0.3 is 29.6 Å². The van der Waals surface area contributed by atoms with Crippen LogP contribution in [0.15, 0.2) is 94.7 Å². The minimum Gasteiger partial charge on any atom is -1.00 e. The number of aryl methyl sites for hydroxylation is 4. The molecule has 3 atom stereocenters. The Morgan fingerprint density at radius 3 is 1.76 bits per heavy atom. The van der Waals surface area contributed by atoms with Crippen molar-refractivity contribution in [1.82, 2.24) is 0 Å². The van der Waals surface area contributed by atoms with Crippen LogP contribution in [0.25, 0.3) is 0 Å². The molecule has 0 amide bonds. The normalized spacial score (nSPS) is 22.4. The molecule has 211 valence electrons. The van der Waals surface area contributed by atoms with Crippen LogP contribution in [-0.2, 0) is 10.8 Å². The molecule has 0 saturated carbocycles. The molecule has 0 saturated heterocycles. The molecule has 6 rings (SSSR count). The van der Waals surface area contributed by atoms with Crippen molar-refractivity contribution in [3.63, 3.8) is 0 Å². The average molecular weight is 602 g/mol. The van der Waals surface area contributed by atoms with Gasteiger partial charge in [0.25, 0.3) is 0 Å². The van der Waals surface area contributed by atoms with Crippen LogP contribution in [0, 0.1) is 27.7 Å². The standard InChI is InChI=1S/C18H20OS.C18H18OS.B.Na.H/c2*1-12-4-7-14(8-5-12)18(3)11-20-16-10-13(2)6-9-15(16)17(18)19;;;/h4-10,17,19H,11H2,1-3H3;4-10H,11H2,1-3H3;;;/q;;;+1;-1. The molecule has 6 heteroatoms. The monoisotopic (exact) mass is 601 g/mol. The van der Waals surface area contributed by atoms with E-state index in [1.54, 1.807) is 11.8 Å². The van der Waals surface area contributed by atoms with E-state index in [4.69, 9.17) is 0 Å². The summed E-state index contributed by atoms with van der Waals surface area (Å²) < 4.78 is 0. The third-order valence-corrected chi connectivity index (χ3v) is 11.2. The molecule has 0 aliphatic carbocycles. The van der Waals surface area contributed by atoms with Crippen molar-refractivity contribution >= 4 is 37.7 Å². The van der Waals surface area contributed by atoms with Crippen LogP contribution in [0.4, 0.5) is 0 Å². The number of benzene rings is 4. The molecule has 0 spiro atoms. The maximum Gasteiger partial charge on any atom is 1.00 e. The number of hydrogen-bond acceptors (Lipinski definition) is 4. The van der Waals surface area contributed by atoms with Crippen molar-refractivity contribution in [2.45, 2.75) is 68.3 Å². The Morgan fingerprint density at radius 1 is 0.690 bits per heavy atom. The Hall–Kier alpha value is -1.73. The Labute approximate surface area is 285 Å². The van der Waals surface area contributed by atoms with Crippen LogP contribution in [0.1, 0.15) is 70.7 Å². The van der Waals surface area contributed by atoms with Crippen LogP contribution in [0.5, 0.6) is 0 Å². The Kier molecular flexibility index (Phi) is 11.5. The van der Waals surface area contributed by atoms with E-state index in [0.29, 0.717) is 0 Å². The van der Waals surface area contributed by atoms with E-state index < -0.39 is 11.5 Å². The number of ketones is 1. The number of hydrogen-bond donors (Lipinski definition) is 1. The summed E-state index contributed by atoms with van der Waals surface area (Å²) >= 11 is 3.64. The minimum atomic E-state index is -0.443. The van der Waals surface area contributed by atoms with Gasteiger partial charge in [0.15, 0.2) is 5.78 Å². The summed E-state index contributed by atoms with van der Waals surface area (Å²) in [6, 6.07) is 29.4. The van der Waals surface area contributed by atoms with Gasteiger partial charge in [-0.3, -0.25) is 4.79 Å². The molecule has 0 bridgehead atoms. The van der Waals surface area contributed by atoms with Crippen LogP contribution in [-0.4, -0.2) is 30.8 Å². The van der Waals surface area contributed by atoms with Gasteiger partial charge in [-0.05, 0) is 80.6 Å². The molecule has 3 radical (unpaired) electrons. The molecule has 4 aromatic carbocycles.